The Bertz CT molecular complexity index is 448. The number of hydrogen-bond donors (Lipinski definition) is 0. The molecule has 0 amide bonds. The van der Waals surface area contributed by atoms with Crippen molar-refractivity contribution < 1.29 is 14.3 Å². The van der Waals surface area contributed by atoms with Crippen LogP contribution < -0.4 is 0 Å². The van der Waals surface area contributed by atoms with Crippen molar-refractivity contribution in [2.75, 3.05) is 7.11 Å². The van der Waals surface area contributed by atoms with E-state index in [4.69, 9.17) is 0 Å². The number of esters is 1. The molecule has 0 unspecified atom stereocenters. The van der Waals surface area contributed by atoms with Crippen LogP contribution in [-0.4, -0.2) is 18.9 Å². The molecular weight excluding hydrogens is 204 g/mol. The molecule has 0 aromatic rings. The molecule has 0 spiro atoms. The third-order valence-electron chi connectivity index (χ3n) is 3.12. The predicted octanol–water partition coefficient (Wildman–Crippen LogP) is 1.81. The number of ether oxygens (including phenoxy) is 1. The van der Waals surface area contributed by atoms with Gasteiger partial charge in [0.15, 0.2) is 5.78 Å². The minimum atomic E-state index is -0.461. The molecule has 0 heterocycles. The summed E-state index contributed by atoms with van der Waals surface area (Å²) < 4.78 is 4.56. The van der Waals surface area contributed by atoms with E-state index in [-0.39, 0.29) is 17.6 Å². The largest absolute Gasteiger partial charge is 0.466 e. The summed E-state index contributed by atoms with van der Waals surface area (Å²) in [7, 11) is 1.31. The predicted molar refractivity (Wildman–Crippen MR) is 59.6 cm³/mol. The molecule has 16 heavy (non-hydrogen) atoms. The molecule has 0 aromatic heterocycles. The number of Topliss-reactive ketones (excluding diaryl/α,β-unsaturated/α-hetero) is 1. The topological polar surface area (TPSA) is 43.4 Å². The summed E-state index contributed by atoms with van der Waals surface area (Å²) in [6, 6.07) is 0. The molecule has 2 aliphatic carbocycles. The Kier molecular flexibility index (Phi) is 2.54. The van der Waals surface area contributed by atoms with E-state index in [1.807, 2.05) is 26.0 Å². The summed E-state index contributed by atoms with van der Waals surface area (Å²) in [4.78, 5) is 23.1. The van der Waals surface area contributed by atoms with Gasteiger partial charge in [0.05, 0.1) is 13.0 Å². The zero-order chi connectivity index (χ0) is 11.9. The van der Waals surface area contributed by atoms with E-state index in [0.29, 0.717) is 5.57 Å². The number of methoxy groups -OCH3 is 1. The second-order valence-electron chi connectivity index (χ2n) is 4.28. The molecule has 0 aliphatic heterocycles. The number of fused-ring (bicyclic) bond motifs is 2. The number of allylic oxidation sites excluding steroid dienone is 5. The summed E-state index contributed by atoms with van der Waals surface area (Å²) in [6.45, 7) is 3.99. The van der Waals surface area contributed by atoms with Crippen molar-refractivity contribution >= 4 is 11.8 Å². The molecule has 2 bridgehead atoms. The zero-order valence-electron chi connectivity index (χ0n) is 9.61. The first-order valence-corrected chi connectivity index (χ1v) is 5.25. The van der Waals surface area contributed by atoms with Crippen molar-refractivity contribution in [3.8, 4) is 0 Å². The molecule has 2 aliphatic rings. The van der Waals surface area contributed by atoms with Gasteiger partial charge in [-0.2, -0.15) is 0 Å². The Morgan fingerprint density at radius 1 is 1.31 bits per heavy atom. The smallest absolute Gasteiger partial charge is 0.330 e. The van der Waals surface area contributed by atoms with Gasteiger partial charge in [-0.3, -0.25) is 4.79 Å². The van der Waals surface area contributed by atoms with E-state index in [1.165, 1.54) is 13.2 Å². The summed E-state index contributed by atoms with van der Waals surface area (Å²) in [6.07, 6.45) is 5.23. The second kappa shape index (κ2) is 3.74. The van der Waals surface area contributed by atoms with Crippen LogP contribution in [0.15, 0.2) is 34.9 Å². The molecule has 0 aromatic carbocycles. The Labute approximate surface area is 94.5 Å². The molecule has 3 nitrogen and oxygen atoms in total. The molecule has 3 heteroatoms. The minimum Gasteiger partial charge on any atom is -0.466 e. The molecule has 0 radical (unpaired) electrons. The van der Waals surface area contributed by atoms with Crippen LogP contribution >= 0.6 is 0 Å². The van der Waals surface area contributed by atoms with E-state index < -0.39 is 5.97 Å². The second-order valence-corrected chi connectivity index (χ2v) is 4.28. The number of rotatable bonds is 1. The third kappa shape index (κ3) is 1.43. The number of carbonyl (C=O) groups is 2. The highest BCUT2D eigenvalue weighted by Gasteiger charge is 2.44. The molecular formula is C13H14O3. The van der Waals surface area contributed by atoms with E-state index >= 15 is 0 Å². The van der Waals surface area contributed by atoms with Crippen molar-refractivity contribution in [3.05, 3.63) is 34.9 Å². The minimum absolute atomic E-state index is 0.0124. The van der Waals surface area contributed by atoms with Crippen LogP contribution in [0, 0.1) is 11.8 Å². The summed E-state index contributed by atoms with van der Waals surface area (Å²) in [5.41, 5.74) is 2.84. The van der Waals surface area contributed by atoms with Gasteiger partial charge in [-0.05, 0) is 19.4 Å². The van der Waals surface area contributed by atoms with E-state index in [9.17, 15) is 9.59 Å². The van der Waals surface area contributed by atoms with Crippen molar-refractivity contribution in [1.82, 2.24) is 0 Å². The van der Waals surface area contributed by atoms with Gasteiger partial charge in [0.2, 0.25) is 0 Å². The van der Waals surface area contributed by atoms with Gasteiger partial charge in [-0.25, -0.2) is 4.79 Å². The fourth-order valence-electron chi connectivity index (χ4n) is 2.42. The molecule has 2 atom stereocenters. The molecule has 1 fully saturated rings. The Morgan fingerprint density at radius 3 is 2.44 bits per heavy atom. The highest BCUT2D eigenvalue weighted by atomic mass is 16.5. The standard InChI is InChI=1S/C13H14O3/c1-7(2)12-8-4-5-9(12)13(15)10(8)6-11(14)16-3/h4-6,8-9H,1-3H3/b10-6-/t8-,9-/m1/s1. The summed E-state index contributed by atoms with van der Waals surface area (Å²) in [5, 5.41) is 0. The quantitative estimate of drug-likeness (QED) is 0.383. The van der Waals surface area contributed by atoms with Crippen LogP contribution in [-0.2, 0) is 14.3 Å². The van der Waals surface area contributed by atoms with Gasteiger partial charge in [0.25, 0.3) is 0 Å². The normalized spacial score (nSPS) is 29.1. The Hall–Kier alpha value is -1.64. The SMILES string of the molecule is COC(=O)/C=C1\C(=O)[C@@H]2C=C[C@H]1C2=C(C)C. The van der Waals surface area contributed by atoms with Gasteiger partial charge in [0.1, 0.15) is 0 Å². The van der Waals surface area contributed by atoms with E-state index in [2.05, 4.69) is 4.74 Å². The lowest BCUT2D eigenvalue weighted by Crippen LogP contribution is -2.10. The fraction of sp³-hybridized carbons (Fsp3) is 0.385. The van der Waals surface area contributed by atoms with Crippen molar-refractivity contribution in [2.24, 2.45) is 11.8 Å². The van der Waals surface area contributed by atoms with Crippen molar-refractivity contribution in [1.29, 1.82) is 0 Å². The van der Waals surface area contributed by atoms with Crippen molar-refractivity contribution in [2.45, 2.75) is 13.8 Å². The zero-order valence-corrected chi connectivity index (χ0v) is 9.61. The third-order valence-corrected chi connectivity index (χ3v) is 3.12. The van der Waals surface area contributed by atoms with Gasteiger partial charge in [-0.15, -0.1) is 0 Å². The first-order chi connectivity index (χ1) is 7.56. The summed E-state index contributed by atoms with van der Waals surface area (Å²) >= 11 is 0. The maximum Gasteiger partial charge on any atom is 0.330 e. The molecule has 84 valence electrons. The first-order valence-electron chi connectivity index (χ1n) is 5.25. The number of ketones is 1. The van der Waals surface area contributed by atoms with Crippen LogP contribution in [0.4, 0.5) is 0 Å². The van der Waals surface area contributed by atoms with E-state index in [0.717, 1.165) is 11.1 Å². The Morgan fingerprint density at radius 2 is 1.94 bits per heavy atom. The lowest BCUT2D eigenvalue weighted by Gasteiger charge is -2.06. The Balaban J connectivity index is 2.44. The van der Waals surface area contributed by atoms with Gasteiger partial charge < -0.3 is 4.74 Å². The van der Waals surface area contributed by atoms with E-state index in [1.54, 1.807) is 0 Å². The average molecular weight is 218 g/mol. The van der Waals surface area contributed by atoms with Crippen LogP contribution in [0.3, 0.4) is 0 Å². The maximum atomic E-state index is 12.0. The van der Waals surface area contributed by atoms with Crippen LogP contribution in [0.5, 0.6) is 0 Å². The molecule has 2 rings (SSSR count). The number of carbonyl (C=O) groups excluding carboxylic acids is 2. The average Bonchev–Trinajstić information content (AvgIpc) is 2.76. The highest BCUT2D eigenvalue weighted by molar-refractivity contribution is 6.09. The number of hydrogen-bond acceptors (Lipinski definition) is 3. The molecule has 0 N–H and O–H groups in total. The van der Waals surface area contributed by atoms with Crippen LogP contribution in [0.2, 0.25) is 0 Å². The molecule has 0 saturated heterocycles. The lowest BCUT2D eigenvalue weighted by atomic mass is 9.97. The van der Waals surface area contributed by atoms with Gasteiger partial charge in [0, 0.05) is 17.6 Å². The first kappa shape index (κ1) is 10.9. The van der Waals surface area contributed by atoms with Crippen molar-refractivity contribution in [3.63, 3.8) is 0 Å². The monoisotopic (exact) mass is 218 g/mol. The van der Waals surface area contributed by atoms with Gasteiger partial charge >= 0.3 is 5.97 Å². The maximum absolute atomic E-state index is 12.0. The highest BCUT2D eigenvalue weighted by Crippen LogP contribution is 2.46. The lowest BCUT2D eigenvalue weighted by molar-refractivity contribution is -0.135. The van der Waals surface area contributed by atoms with Crippen LogP contribution in [0.1, 0.15) is 13.8 Å². The van der Waals surface area contributed by atoms with Crippen LogP contribution in [0.25, 0.3) is 0 Å². The molecule has 1 saturated carbocycles. The summed E-state index contributed by atoms with van der Waals surface area (Å²) in [5.74, 6) is -0.584. The van der Waals surface area contributed by atoms with Gasteiger partial charge in [-0.1, -0.05) is 17.7 Å². The fourth-order valence-corrected chi connectivity index (χ4v) is 2.42.